The molecule has 0 amide bonds. The summed E-state index contributed by atoms with van der Waals surface area (Å²) in [6.07, 6.45) is 8.93. The molecule has 1 aliphatic rings. The molecular formula is C19H22. The molecule has 1 aliphatic carbocycles. The summed E-state index contributed by atoms with van der Waals surface area (Å²) < 4.78 is 0. The van der Waals surface area contributed by atoms with Crippen LogP contribution >= 0.6 is 0 Å². The molecule has 2 rings (SSSR count). The Bertz CT molecular complexity index is 526. The Morgan fingerprint density at radius 2 is 1.89 bits per heavy atom. The van der Waals surface area contributed by atoms with Gasteiger partial charge in [0.15, 0.2) is 0 Å². The van der Waals surface area contributed by atoms with Gasteiger partial charge < -0.3 is 0 Å². The second-order valence-corrected chi connectivity index (χ2v) is 5.21. The van der Waals surface area contributed by atoms with Gasteiger partial charge in [0.1, 0.15) is 0 Å². The summed E-state index contributed by atoms with van der Waals surface area (Å²) in [5.41, 5.74) is 6.55. The molecule has 0 unspecified atom stereocenters. The van der Waals surface area contributed by atoms with Crippen LogP contribution < -0.4 is 0 Å². The van der Waals surface area contributed by atoms with Gasteiger partial charge in [-0.05, 0) is 49.3 Å². The average Bonchev–Trinajstić information content (AvgIpc) is 2.46. The molecule has 0 radical (unpaired) electrons. The van der Waals surface area contributed by atoms with E-state index in [1.807, 2.05) is 6.07 Å². The van der Waals surface area contributed by atoms with Crippen LogP contribution in [-0.4, -0.2) is 0 Å². The lowest BCUT2D eigenvalue weighted by molar-refractivity contribution is 0.846. The van der Waals surface area contributed by atoms with Crippen molar-refractivity contribution in [3.63, 3.8) is 0 Å². The fourth-order valence-corrected chi connectivity index (χ4v) is 2.53. The van der Waals surface area contributed by atoms with Gasteiger partial charge in [-0.15, -0.1) is 0 Å². The highest BCUT2D eigenvalue weighted by molar-refractivity contribution is 5.63. The first kappa shape index (κ1) is 13.6. The van der Waals surface area contributed by atoms with Gasteiger partial charge in [-0.2, -0.15) is 0 Å². The van der Waals surface area contributed by atoms with Gasteiger partial charge in [0, 0.05) is 0 Å². The molecule has 98 valence electrons. The Morgan fingerprint density at radius 1 is 1.16 bits per heavy atom. The molecule has 0 heterocycles. The van der Waals surface area contributed by atoms with Crippen LogP contribution in [0.15, 0.2) is 72.4 Å². The molecule has 0 aromatic heterocycles. The van der Waals surface area contributed by atoms with E-state index in [1.54, 1.807) is 0 Å². The number of benzene rings is 1. The highest BCUT2D eigenvalue weighted by Crippen LogP contribution is 2.29. The first-order valence-electron chi connectivity index (χ1n) is 6.96. The summed E-state index contributed by atoms with van der Waals surface area (Å²) in [7, 11) is 0. The lowest BCUT2D eigenvalue weighted by atomic mass is 9.89. The molecule has 0 bridgehead atoms. The summed E-state index contributed by atoms with van der Waals surface area (Å²) in [6, 6.07) is 10.5. The van der Waals surface area contributed by atoms with Crippen LogP contribution in [-0.2, 0) is 0 Å². The van der Waals surface area contributed by atoms with E-state index in [9.17, 15) is 0 Å². The molecule has 0 aliphatic heterocycles. The zero-order chi connectivity index (χ0) is 13.7. The van der Waals surface area contributed by atoms with Gasteiger partial charge in [0.05, 0.1) is 0 Å². The number of rotatable bonds is 5. The van der Waals surface area contributed by atoms with Crippen molar-refractivity contribution in [3.8, 4) is 0 Å². The number of allylic oxidation sites excluding steroid dienone is 6. The highest BCUT2D eigenvalue weighted by Gasteiger charge is 2.09. The molecule has 0 spiro atoms. The van der Waals surface area contributed by atoms with Crippen LogP contribution in [0.3, 0.4) is 0 Å². The second-order valence-electron chi connectivity index (χ2n) is 5.21. The smallest absolute Gasteiger partial charge is 0.0230 e. The SMILES string of the molecule is C=C(C)C1=C(CCC(=C)c2ccccc2)CCC=C1. The molecule has 0 N–H and O–H groups in total. The van der Waals surface area contributed by atoms with Crippen LogP contribution in [0.25, 0.3) is 5.57 Å². The standard InChI is InChI=1S/C19H22/c1-15(2)19-12-8-7-11-18(19)14-13-16(3)17-9-5-4-6-10-17/h4-6,8-10,12H,1,3,7,11,13-14H2,2H3. The van der Waals surface area contributed by atoms with E-state index in [0.717, 1.165) is 19.3 Å². The van der Waals surface area contributed by atoms with Crippen molar-refractivity contribution in [2.45, 2.75) is 32.6 Å². The van der Waals surface area contributed by atoms with Crippen LogP contribution in [0.2, 0.25) is 0 Å². The van der Waals surface area contributed by atoms with Gasteiger partial charge in [-0.3, -0.25) is 0 Å². The fraction of sp³-hybridized carbons (Fsp3) is 0.263. The Kier molecular flexibility index (Phi) is 4.57. The molecule has 0 fully saturated rings. The van der Waals surface area contributed by atoms with Gasteiger partial charge in [-0.25, -0.2) is 0 Å². The van der Waals surface area contributed by atoms with E-state index in [4.69, 9.17) is 0 Å². The largest absolute Gasteiger partial charge is 0.0955 e. The Balaban J connectivity index is 2.04. The fourth-order valence-electron chi connectivity index (χ4n) is 2.53. The topological polar surface area (TPSA) is 0 Å². The zero-order valence-corrected chi connectivity index (χ0v) is 11.8. The van der Waals surface area contributed by atoms with E-state index < -0.39 is 0 Å². The molecule has 0 heteroatoms. The molecule has 0 saturated heterocycles. The third-order valence-corrected chi connectivity index (χ3v) is 3.65. The first-order valence-corrected chi connectivity index (χ1v) is 6.96. The second kappa shape index (κ2) is 6.38. The molecule has 1 aromatic carbocycles. The molecular weight excluding hydrogens is 228 g/mol. The van der Waals surface area contributed by atoms with Crippen LogP contribution in [0.1, 0.15) is 38.2 Å². The Morgan fingerprint density at radius 3 is 2.58 bits per heavy atom. The van der Waals surface area contributed by atoms with E-state index in [2.05, 4.69) is 56.5 Å². The molecule has 19 heavy (non-hydrogen) atoms. The average molecular weight is 250 g/mol. The van der Waals surface area contributed by atoms with Crippen molar-refractivity contribution < 1.29 is 0 Å². The van der Waals surface area contributed by atoms with E-state index in [1.165, 1.54) is 34.3 Å². The van der Waals surface area contributed by atoms with Crippen molar-refractivity contribution in [1.82, 2.24) is 0 Å². The molecule has 1 aromatic rings. The molecule has 0 saturated carbocycles. The predicted molar refractivity (Wildman–Crippen MR) is 84.9 cm³/mol. The summed E-state index contributed by atoms with van der Waals surface area (Å²) in [6.45, 7) is 10.4. The maximum atomic E-state index is 4.22. The van der Waals surface area contributed by atoms with Crippen molar-refractivity contribution >= 4 is 5.57 Å². The number of hydrogen-bond donors (Lipinski definition) is 0. The number of hydrogen-bond acceptors (Lipinski definition) is 0. The minimum absolute atomic E-state index is 1.03. The Hall–Kier alpha value is -1.82. The van der Waals surface area contributed by atoms with Gasteiger partial charge in [0.25, 0.3) is 0 Å². The summed E-state index contributed by atoms with van der Waals surface area (Å²) in [5, 5.41) is 0. The van der Waals surface area contributed by atoms with Crippen molar-refractivity contribution in [3.05, 3.63) is 77.9 Å². The quantitative estimate of drug-likeness (QED) is 0.628. The maximum absolute atomic E-state index is 4.22. The lowest BCUT2D eigenvalue weighted by Crippen LogP contribution is -1.97. The van der Waals surface area contributed by atoms with Gasteiger partial charge in [-0.1, -0.05) is 66.8 Å². The summed E-state index contributed by atoms with van der Waals surface area (Å²) in [5.74, 6) is 0. The van der Waals surface area contributed by atoms with Crippen LogP contribution in [0.5, 0.6) is 0 Å². The first-order chi connectivity index (χ1) is 9.18. The molecule has 0 atom stereocenters. The highest BCUT2D eigenvalue weighted by atomic mass is 14.1. The minimum Gasteiger partial charge on any atom is -0.0955 e. The van der Waals surface area contributed by atoms with Gasteiger partial charge >= 0.3 is 0 Å². The van der Waals surface area contributed by atoms with E-state index in [-0.39, 0.29) is 0 Å². The van der Waals surface area contributed by atoms with Gasteiger partial charge in [0.2, 0.25) is 0 Å². The third kappa shape index (κ3) is 3.57. The maximum Gasteiger partial charge on any atom is -0.0230 e. The minimum atomic E-state index is 1.03. The Labute approximate surface area is 116 Å². The van der Waals surface area contributed by atoms with Crippen LogP contribution in [0, 0.1) is 0 Å². The molecule has 0 nitrogen and oxygen atoms in total. The predicted octanol–water partition coefficient (Wildman–Crippen LogP) is 5.70. The summed E-state index contributed by atoms with van der Waals surface area (Å²) >= 11 is 0. The van der Waals surface area contributed by atoms with E-state index >= 15 is 0 Å². The summed E-state index contributed by atoms with van der Waals surface area (Å²) in [4.78, 5) is 0. The lowest BCUT2D eigenvalue weighted by Gasteiger charge is -2.17. The van der Waals surface area contributed by atoms with E-state index in [0.29, 0.717) is 0 Å². The van der Waals surface area contributed by atoms with Crippen molar-refractivity contribution in [1.29, 1.82) is 0 Å². The van der Waals surface area contributed by atoms with Crippen molar-refractivity contribution in [2.24, 2.45) is 0 Å². The van der Waals surface area contributed by atoms with Crippen molar-refractivity contribution in [2.75, 3.05) is 0 Å². The normalized spacial score (nSPS) is 14.6. The monoisotopic (exact) mass is 250 g/mol. The zero-order valence-electron chi connectivity index (χ0n) is 11.8. The van der Waals surface area contributed by atoms with Crippen LogP contribution in [0.4, 0.5) is 0 Å². The third-order valence-electron chi connectivity index (χ3n) is 3.65.